The van der Waals surface area contributed by atoms with Gasteiger partial charge in [-0.15, -0.1) is 0 Å². The lowest BCUT2D eigenvalue weighted by molar-refractivity contribution is 0.116. The molecule has 1 N–H and O–H groups in total. The first kappa shape index (κ1) is 8.28. The van der Waals surface area contributed by atoms with E-state index in [1.165, 1.54) is 32.1 Å². The van der Waals surface area contributed by atoms with Gasteiger partial charge in [-0.2, -0.15) is 0 Å². The molecule has 0 bridgehead atoms. The predicted molar refractivity (Wildman–Crippen MR) is 52.3 cm³/mol. The maximum atomic E-state index is 9.82. The number of hydrogen-bond acceptors (Lipinski definition) is 1. The van der Waals surface area contributed by atoms with E-state index in [-0.39, 0.29) is 6.10 Å². The molecule has 4 atom stereocenters. The molecule has 3 rings (SSSR count). The largest absolute Gasteiger partial charge is 0.393 e. The molecule has 0 aromatic carbocycles. The van der Waals surface area contributed by atoms with E-state index in [1.807, 2.05) is 0 Å². The van der Waals surface area contributed by atoms with Crippen molar-refractivity contribution in [1.82, 2.24) is 0 Å². The maximum absolute atomic E-state index is 9.82. The Kier molecular flexibility index (Phi) is 1.59. The summed E-state index contributed by atoms with van der Waals surface area (Å²) in [5.74, 6) is 2.61. The summed E-state index contributed by atoms with van der Waals surface area (Å²) in [6, 6.07) is 0. The van der Waals surface area contributed by atoms with E-state index >= 15 is 0 Å². The SMILES string of the molecule is CC1C(O)CCC12C1CCCCC12. The topological polar surface area (TPSA) is 20.2 Å². The van der Waals surface area contributed by atoms with Crippen LogP contribution in [-0.4, -0.2) is 11.2 Å². The van der Waals surface area contributed by atoms with Gasteiger partial charge in [0.25, 0.3) is 0 Å². The fourth-order valence-corrected chi connectivity index (χ4v) is 4.58. The first-order valence-corrected chi connectivity index (χ1v) is 5.95. The Morgan fingerprint density at radius 1 is 1.08 bits per heavy atom. The van der Waals surface area contributed by atoms with Crippen LogP contribution in [0.3, 0.4) is 0 Å². The van der Waals surface area contributed by atoms with Gasteiger partial charge in [0.05, 0.1) is 6.10 Å². The van der Waals surface area contributed by atoms with Crippen molar-refractivity contribution in [2.45, 2.75) is 51.6 Å². The van der Waals surface area contributed by atoms with Crippen molar-refractivity contribution in [3.63, 3.8) is 0 Å². The highest BCUT2D eigenvalue weighted by Gasteiger charge is 2.69. The van der Waals surface area contributed by atoms with Crippen LogP contribution in [0.5, 0.6) is 0 Å². The van der Waals surface area contributed by atoms with E-state index in [2.05, 4.69) is 6.92 Å². The average Bonchev–Trinajstić information content (AvgIpc) is 2.73. The van der Waals surface area contributed by atoms with E-state index in [4.69, 9.17) is 0 Å². The van der Waals surface area contributed by atoms with Crippen molar-refractivity contribution in [2.24, 2.45) is 23.2 Å². The third-order valence-corrected chi connectivity index (χ3v) is 5.34. The van der Waals surface area contributed by atoms with Gasteiger partial charge in [0.1, 0.15) is 0 Å². The second-order valence-electron chi connectivity index (χ2n) is 5.50. The highest BCUT2D eigenvalue weighted by Crippen LogP contribution is 2.74. The quantitative estimate of drug-likeness (QED) is 0.607. The molecule has 0 saturated heterocycles. The van der Waals surface area contributed by atoms with E-state index in [1.54, 1.807) is 0 Å². The van der Waals surface area contributed by atoms with Crippen LogP contribution in [0, 0.1) is 23.2 Å². The fraction of sp³-hybridized carbons (Fsp3) is 1.00. The third-order valence-electron chi connectivity index (χ3n) is 5.34. The van der Waals surface area contributed by atoms with Crippen LogP contribution in [0.25, 0.3) is 0 Å². The molecule has 3 aliphatic carbocycles. The summed E-state index contributed by atoms with van der Waals surface area (Å²) in [4.78, 5) is 0. The number of fused-ring (bicyclic) bond motifs is 3. The zero-order chi connectivity index (χ0) is 9.05. The van der Waals surface area contributed by atoms with Gasteiger partial charge in [-0.1, -0.05) is 19.8 Å². The first-order chi connectivity index (χ1) is 6.27. The van der Waals surface area contributed by atoms with Gasteiger partial charge in [0, 0.05) is 0 Å². The van der Waals surface area contributed by atoms with Crippen LogP contribution in [-0.2, 0) is 0 Å². The summed E-state index contributed by atoms with van der Waals surface area (Å²) in [5.41, 5.74) is 0.621. The molecule has 0 heterocycles. The van der Waals surface area contributed by atoms with Crippen LogP contribution < -0.4 is 0 Å². The molecule has 1 nitrogen and oxygen atoms in total. The van der Waals surface area contributed by atoms with Crippen molar-refractivity contribution in [3.8, 4) is 0 Å². The van der Waals surface area contributed by atoms with E-state index in [0.29, 0.717) is 11.3 Å². The van der Waals surface area contributed by atoms with Gasteiger partial charge < -0.3 is 5.11 Å². The Morgan fingerprint density at radius 3 is 2.15 bits per heavy atom. The molecular weight excluding hydrogens is 160 g/mol. The lowest BCUT2D eigenvalue weighted by atomic mass is 9.89. The van der Waals surface area contributed by atoms with Crippen LogP contribution in [0.2, 0.25) is 0 Å². The fourth-order valence-electron chi connectivity index (χ4n) is 4.58. The smallest absolute Gasteiger partial charge is 0.0571 e. The Labute approximate surface area is 80.5 Å². The summed E-state index contributed by atoms with van der Waals surface area (Å²) in [5, 5.41) is 9.82. The van der Waals surface area contributed by atoms with Crippen molar-refractivity contribution >= 4 is 0 Å². The number of rotatable bonds is 0. The molecule has 3 saturated carbocycles. The lowest BCUT2D eigenvalue weighted by Crippen LogP contribution is -2.18. The predicted octanol–water partition coefficient (Wildman–Crippen LogP) is 2.58. The Hall–Kier alpha value is -0.0400. The van der Waals surface area contributed by atoms with Gasteiger partial charge in [-0.3, -0.25) is 0 Å². The van der Waals surface area contributed by atoms with Crippen LogP contribution in [0.15, 0.2) is 0 Å². The molecule has 74 valence electrons. The summed E-state index contributed by atoms with van der Waals surface area (Å²) in [6.45, 7) is 2.29. The van der Waals surface area contributed by atoms with Crippen molar-refractivity contribution in [2.75, 3.05) is 0 Å². The number of aliphatic hydroxyl groups is 1. The van der Waals surface area contributed by atoms with E-state index in [9.17, 15) is 5.11 Å². The minimum absolute atomic E-state index is 0.0191. The second kappa shape index (κ2) is 2.50. The Balaban J connectivity index is 1.84. The van der Waals surface area contributed by atoms with Gasteiger partial charge in [0.2, 0.25) is 0 Å². The monoisotopic (exact) mass is 180 g/mol. The van der Waals surface area contributed by atoms with Gasteiger partial charge in [0.15, 0.2) is 0 Å². The molecule has 0 amide bonds. The standard InChI is InChI=1S/C12H20O/c1-8-11(13)6-7-12(8)9-4-2-3-5-10(9)12/h8-11,13H,2-7H2,1H3. The molecule has 0 radical (unpaired) electrons. The minimum Gasteiger partial charge on any atom is -0.393 e. The van der Waals surface area contributed by atoms with E-state index in [0.717, 1.165) is 18.3 Å². The zero-order valence-electron chi connectivity index (χ0n) is 8.50. The van der Waals surface area contributed by atoms with Crippen molar-refractivity contribution in [3.05, 3.63) is 0 Å². The highest BCUT2D eigenvalue weighted by molar-refractivity contribution is 5.17. The summed E-state index contributed by atoms with van der Waals surface area (Å²) >= 11 is 0. The maximum Gasteiger partial charge on any atom is 0.0571 e. The molecule has 13 heavy (non-hydrogen) atoms. The normalized spacial score (nSPS) is 59.5. The number of hydrogen-bond donors (Lipinski definition) is 1. The molecule has 4 unspecified atom stereocenters. The summed E-state index contributed by atoms with van der Waals surface area (Å²) in [6.07, 6.45) is 8.24. The summed E-state index contributed by atoms with van der Waals surface area (Å²) in [7, 11) is 0. The van der Waals surface area contributed by atoms with Crippen LogP contribution in [0.1, 0.15) is 45.4 Å². The highest BCUT2D eigenvalue weighted by atomic mass is 16.3. The van der Waals surface area contributed by atoms with Crippen LogP contribution >= 0.6 is 0 Å². The average molecular weight is 180 g/mol. The van der Waals surface area contributed by atoms with Gasteiger partial charge in [-0.05, 0) is 48.9 Å². The minimum atomic E-state index is 0.0191. The van der Waals surface area contributed by atoms with Crippen LogP contribution in [0.4, 0.5) is 0 Å². The van der Waals surface area contributed by atoms with E-state index < -0.39 is 0 Å². The van der Waals surface area contributed by atoms with Crippen molar-refractivity contribution in [1.29, 1.82) is 0 Å². The first-order valence-electron chi connectivity index (χ1n) is 5.95. The number of aliphatic hydroxyl groups excluding tert-OH is 1. The van der Waals surface area contributed by atoms with Gasteiger partial charge >= 0.3 is 0 Å². The Bertz CT molecular complexity index is 211. The molecule has 0 aliphatic heterocycles. The second-order valence-corrected chi connectivity index (χ2v) is 5.50. The molecule has 0 aromatic heterocycles. The van der Waals surface area contributed by atoms with Crippen molar-refractivity contribution < 1.29 is 5.11 Å². The lowest BCUT2D eigenvalue weighted by Gasteiger charge is -2.18. The molecule has 3 fully saturated rings. The van der Waals surface area contributed by atoms with Gasteiger partial charge in [-0.25, -0.2) is 0 Å². The zero-order valence-corrected chi connectivity index (χ0v) is 8.50. The molecule has 0 aromatic rings. The molecule has 3 aliphatic rings. The summed E-state index contributed by atoms with van der Waals surface area (Å²) < 4.78 is 0. The molecule has 1 spiro atoms. The molecule has 1 heteroatoms. The third kappa shape index (κ3) is 0.869. The Morgan fingerprint density at radius 2 is 1.69 bits per heavy atom. The molecular formula is C12H20O.